The van der Waals surface area contributed by atoms with Crippen LogP contribution < -0.4 is 5.32 Å². The molecule has 0 atom stereocenters. The summed E-state index contributed by atoms with van der Waals surface area (Å²) in [4.78, 5) is 8.82. The fraction of sp³-hybridized carbons (Fsp3) is 0.583. The maximum absolute atomic E-state index is 4.47. The van der Waals surface area contributed by atoms with Crippen molar-refractivity contribution in [3.63, 3.8) is 0 Å². The molecule has 0 aliphatic carbocycles. The second kappa shape index (κ2) is 4.69. The van der Waals surface area contributed by atoms with Gasteiger partial charge in [0.15, 0.2) is 5.65 Å². The van der Waals surface area contributed by atoms with Gasteiger partial charge < -0.3 is 5.32 Å². The van der Waals surface area contributed by atoms with Crippen molar-refractivity contribution in [3.05, 3.63) is 12.0 Å². The monoisotopic (exact) mass is 233 g/mol. The van der Waals surface area contributed by atoms with Crippen LogP contribution in [0.2, 0.25) is 0 Å². The van der Waals surface area contributed by atoms with Gasteiger partial charge in [0, 0.05) is 13.6 Å². The molecule has 0 aliphatic heterocycles. The summed E-state index contributed by atoms with van der Waals surface area (Å²) in [5.41, 5.74) is 0.919. The lowest BCUT2D eigenvalue weighted by molar-refractivity contribution is 0.494. The van der Waals surface area contributed by atoms with Gasteiger partial charge in [-0.05, 0) is 19.3 Å². The minimum Gasteiger partial charge on any atom is -0.372 e. The van der Waals surface area contributed by atoms with Crippen LogP contribution in [0.15, 0.2) is 6.20 Å². The third kappa shape index (κ3) is 2.38. The zero-order chi connectivity index (χ0) is 12.4. The van der Waals surface area contributed by atoms with Crippen molar-refractivity contribution in [3.8, 4) is 0 Å². The van der Waals surface area contributed by atoms with Gasteiger partial charge in [0.1, 0.15) is 11.6 Å². The third-order valence-corrected chi connectivity index (χ3v) is 2.76. The molecule has 0 unspecified atom stereocenters. The average molecular weight is 233 g/mol. The van der Waals surface area contributed by atoms with Crippen molar-refractivity contribution in [2.45, 2.75) is 33.7 Å². The molecule has 2 rings (SSSR count). The zero-order valence-electron chi connectivity index (χ0n) is 10.9. The second-order valence-electron chi connectivity index (χ2n) is 4.66. The number of aromatic nitrogens is 4. The molecule has 0 fully saturated rings. The largest absolute Gasteiger partial charge is 0.372 e. The predicted octanol–water partition coefficient (Wildman–Crippen LogP) is 2.22. The fourth-order valence-corrected chi connectivity index (χ4v) is 1.80. The summed E-state index contributed by atoms with van der Waals surface area (Å²) in [6.45, 7) is 7.23. The average Bonchev–Trinajstić information content (AvgIpc) is 2.68. The normalized spacial score (nSPS) is 11.4. The van der Waals surface area contributed by atoms with Crippen LogP contribution in [0.4, 0.5) is 5.82 Å². The number of nitrogens with zero attached hydrogens (tertiary/aromatic N) is 4. The summed E-state index contributed by atoms with van der Waals surface area (Å²) in [5, 5.41) is 8.46. The first kappa shape index (κ1) is 11.8. The van der Waals surface area contributed by atoms with E-state index in [2.05, 4.69) is 34.2 Å². The Morgan fingerprint density at radius 3 is 2.76 bits per heavy atom. The maximum Gasteiger partial charge on any atom is 0.163 e. The number of anilines is 1. The van der Waals surface area contributed by atoms with Crippen molar-refractivity contribution in [1.29, 1.82) is 0 Å². The van der Waals surface area contributed by atoms with Crippen molar-refractivity contribution in [2.75, 3.05) is 12.4 Å². The summed E-state index contributed by atoms with van der Waals surface area (Å²) < 4.78 is 1.96. The van der Waals surface area contributed by atoms with Crippen LogP contribution >= 0.6 is 0 Å². The first-order valence-electron chi connectivity index (χ1n) is 5.99. The summed E-state index contributed by atoms with van der Waals surface area (Å²) in [6.07, 6.45) is 2.94. The van der Waals surface area contributed by atoms with E-state index in [0.29, 0.717) is 5.92 Å². The Bertz CT molecular complexity index is 515. The molecule has 0 amide bonds. The van der Waals surface area contributed by atoms with Gasteiger partial charge in [0.2, 0.25) is 0 Å². The molecular weight excluding hydrogens is 214 g/mol. The highest BCUT2D eigenvalue weighted by Crippen LogP contribution is 2.20. The molecule has 0 saturated heterocycles. The minimum atomic E-state index is 0.668. The molecule has 0 bridgehead atoms. The Kier molecular flexibility index (Phi) is 3.26. The van der Waals surface area contributed by atoms with E-state index in [4.69, 9.17) is 0 Å². The summed E-state index contributed by atoms with van der Waals surface area (Å²) >= 11 is 0. The lowest BCUT2D eigenvalue weighted by Gasteiger charge is -2.07. The van der Waals surface area contributed by atoms with E-state index in [-0.39, 0.29) is 0 Å². The van der Waals surface area contributed by atoms with E-state index in [1.54, 1.807) is 0 Å². The van der Waals surface area contributed by atoms with E-state index in [0.717, 1.165) is 35.6 Å². The molecule has 5 heteroatoms. The lowest BCUT2D eigenvalue weighted by Crippen LogP contribution is -2.05. The zero-order valence-corrected chi connectivity index (χ0v) is 10.9. The molecule has 0 radical (unpaired) electrons. The minimum absolute atomic E-state index is 0.668. The molecule has 92 valence electrons. The standard InChI is InChI=1S/C12H19N5/c1-8(2)5-6-17-12-10(7-14-17)11(13-4)15-9(3)16-12/h7-8H,5-6H2,1-4H3,(H,13,15,16). The molecule has 0 spiro atoms. The van der Waals surface area contributed by atoms with Crippen LogP contribution in [0.25, 0.3) is 11.0 Å². The molecule has 1 N–H and O–H groups in total. The van der Waals surface area contributed by atoms with Crippen molar-refractivity contribution >= 4 is 16.9 Å². The molecule has 5 nitrogen and oxygen atoms in total. The van der Waals surface area contributed by atoms with Crippen LogP contribution in [-0.2, 0) is 6.54 Å². The van der Waals surface area contributed by atoms with Crippen molar-refractivity contribution < 1.29 is 0 Å². The third-order valence-electron chi connectivity index (χ3n) is 2.76. The quantitative estimate of drug-likeness (QED) is 0.879. The van der Waals surface area contributed by atoms with E-state index < -0.39 is 0 Å². The predicted molar refractivity (Wildman–Crippen MR) is 69.1 cm³/mol. The highest BCUT2D eigenvalue weighted by molar-refractivity contribution is 5.86. The maximum atomic E-state index is 4.47. The van der Waals surface area contributed by atoms with Gasteiger partial charge in [-0.3, -0.25) is 0 Å². The first-order chi connectivity index (χ1) is 8.11. The number of fused-ring (bicyclic) bond motifs is 1. The molecule has 2 heterocycles. The summed E-state index contributed by atoms with van der Waals surface area (Å²) in [6, 6.07) is 0. The van der Waals surface area contributed by atoms with Crippen LogP contribution in [0.3, 0.4) is 0 Å². The van der Waals surface area contributed by atoms with Crippen molar-refractivity contribution in [2.24, 2.45) is 5.92 Å². The van der Waals surface area contributed by atoms with E-state index in [9.17, 15) is 0 Å². The van der Waals surface area contributed by atoms with Crippen LogP contribution in [0, 0.1) is 12.8 Å². The Balaban J connectivity index is 2.41. The Hall–Kier alpha value is -1.65. The van der Waals surface area contributed by atoms with Gasteiger partial charge >= 0.3 is 0 Å². The fourth-order valence-electron chi connectivity index (χ4n) is 1.80. The van der Waals surface area contributed by atoms with Gasteiger partial charge in [-0.25, -0.2) is 14.6 Å². The molecule has 2 aromatic rings. The van der Waals surface area contributed by atoms with Gasteiger partial charge in [0.05, 0.1) is 11.6 Å². The topological polar surface area (TPSA) is 55.6 Å². The van der Waals surface area contributed by atoms with E-state index in [1.165, 1.54) is 0 Å². The number of hydrogen-bond donors (Lipinski definition) is 1. The van der Waals surface area contributed by atoms with Gasteiger partial charge in [-0.1, -0.05) is 13.8 Å². The van der Waals surface area contributed by atoms with Gasteiger partial charge in [0.25, 0.3) is 0 Å². The number of rotatable bonds is 4. The highest BCUT2D eigenvalue weighted by Gasteiger charge is 2.10. The second-order valence-corrected chi connectivity index (χ2v) is 4.66. The Morgan fingerprint density at radius 1 is 1.35 bits per heavy atom. The lowest BCUT2D eigenvalue weighted by atomic mass is 10.1. The Morgan fingerprint density at radius 2 is 2.12 bits per heavy atom. The number of nitrogens with one attached hydrogen (secondary N) is 1. The van der Waals surface area contributed by atoms with Gasteiger partial charge in [-0.15, -0.1) is 0 Å². The summed E-state index contributed by atoms with van der Waals surface area (Å²) in [7, 11) is 1.87. The Labute approximate surface area is 101 Å². The summed E-state index contributed by atoms with van der Waals surface area (Å²) in [5.74, 6) is 2.29. The first-order valence-corrected chi connectivity index (χ1v) is 5.99. The molecule has 0 saturated carbocycles. The van der Waals surface area contributed by atoms with E-state index >= 15 is 0 Å². The number of aryl methyl sites for hydroxylation is 2. The van der Waals surface area contributed by atoms with Crippen LogP contribution in [0.1, 0.15) is 26.1 Å². The molecular formula is C12H19N5. The molecule has 0 aliphatic rings. The van der Waals surface area contributed by atoms with Gasteiger partial charge in [-0.2, -0.15) is 5.10 Å². The van der Waals surface area contributed by atoms with E-state index in [1.807, 2.05) is 24.9 Å². The number of hydrogen-bond acceptors (Lipinski definition) is 4. The smallest absolute Gasteiger partial charge is 0.163 e. The molecule has 0 aromatic carbocycles. The SMILES string of the molecule is CNc1nc(C)nc2c1cnn2CCC(C)C. The van der Waals surface area contributed by atoms with Crippen LogP contribution in [0.5, 0.6) is 0 Å². The molecule has 17 heavy (non-hydrogen) atoms. The highest BCUT2D eigenvalue weighted by atomic mass is 15.3. The van der Waals surface area contributed by atoms with Crippen LogP contribution in [-0.4, -0.2) is 26.8 Å². The molecule has 2 aromatic heterocycles. The van der Waals surface area contributed by atoms with Crippen molar-refractivity contribution in [1.82, 2.24) is 19.7 Å².